The van der Waals surface area contributed by atoms with Gasteiger partial charge in [-0.05, 0) is 51.2 Å². The lowest BCUT2D eigenvalue weighted by atomic mass is 10.0. The molecule has 3 amide bonds. The molecule has 1 unspecified atom stereocenters. The van der Waals surface area contributed by atoms with Gasteiger partial charge in [-0.15, -0.1) is 0 Å². The Balaban J connectivity index is 2.09. The number of carbonyl (C=O) groups excluding carboxylic acids is 2. The fourth-order valence-electron chi connectivity index (χ4n) is 5.42. The van der Waals surface area contributed by atoms with Crippen LogP contribution in [0.4, 0.5) is 9.59 Å². The summed E-state index contributed by atoms with van der Waals surface area (Å²) in [5, 5.41) is 17.0. The van der Waals surface area contributed by atoms with Gasteiger partial charge in [-0.2, -0.15) is 0 Å². The van der Waals surface area contributed by atoms with Crippen molar-refractivity contribution in [1.82, 2.24) is 20.9 Å². The van der Waals surface area contributed by atoms with E-state index in [4.69, 9.17) is 4.74 Å². The maximum atomic E-state index is 13.8. The summed E-state index contributed by atoms with van der Waals surface area (Å²) in [6, 6.07) is 19.8. The first-order valence-electron chi connectivity index (χ1n) is 17.7. The number of alkyl carbamates (subject to hydrolysis) is 1. The summed E-state index contributed by atoms with van der Waals surface area (Å²) in [5.74, 6) is -0.248. The van der Waals surface area contributed by atoms with Crippen LogP contribution >= 0.6 is 0 Å². The Bertz CT molecular complexity index is 1180. The monoisotopic (exact) mass is 665 g/mol. The number of nitrogens with one attached hydrogen (secondary N) is 3. The number of ether oxygens (including phenoxy) is 1. The van der Waals surface area contributed by atoms with E-state index < -0.39 is 23.8 Å². The average molecular weight is 666 g/mol. The van der Waals surface area contributed by atoms with Crippen molar-refractivity contribution >= 4 is 24.1 Å². The number of hydrogen-bond acceptors (Lipinski definition) is 6. The van der Waals surface area contributed by atoms with Crippen LogP contribution in [-0.2, 0) is 22.6 Å². The summed E-state index contributed by atoms with van der Waals surface area (Å²) >= 11 is 0. The Morgan fingerprint density at radius 1 is 0.771 bits per heavy atom. The maximum Gasteiger partial charge on any atom is 0.414 e. The minimum Gasteiger partial charge on any atom is -0.465 e. The van der Waals surface area contributed by atoms with Crippen molar-refractivity contribution in [3.05, 3.63) is 71.8 Å². The highest BCUT2D eigenvalue weighted by molar-refractivity contribution is 6.00. The highest BCUT2D eigenvalue weighted by Crippen LogP contribution is 2.18. The zero-order chi connectivity index (χ0) is 35.0. The lowest BCUT2D eigenvalue weighted by Crippen LogP contribution is -2.47. The molecule has 10 nitrogen and oxygen atoms in total. The molecule has 0 fully saturated rings. The van der Waals surface area contributed by atoms with Gasteiger partial charge in [-0.25, -0.2) is 9.59 Å². The normalized spacial score (nSPS) is 12.4. The molecular weight excluding hydrogens is 606 g/mol. The number of unbranched alkanes of at least 4 members (excludes halogenated alkanes) is 9. The van der Waals surface area contributed by atoms with Crippen molar-refractivity contribution in [3.8, 4) is 0 Å². The van der Waals surface area contributed by atoms with Crippen LogP contribution in [0, 0.1) is 0 Å². The molecule has 2 aromatic rings. The first-order valence-corrected chi connectivity index (χ1v) is 17.7. The third kappa shape index (κ3) is 19.0. The van der Waals surface area contributed by atoms with Crippen LogP contribution in [0.3, 0.4) is 0 Å². The number of nitrogens with zero attached hydrogens (tertiary/aromatic N) is 2. The largest absolute Gasteiger partial charge is 0.465 e. The molecule has 0 spiro atoms. The molecule has 48 heavy (non-hydrogen) atoms. The number of benzene rings is 2. The summed E-state index contributed by atoms with van der Waals surface area (Å²) < 4.78 is 5.24. The second-order valence-corrected chi connectivity index (χ2v) is 13.3. The SMILES string of the molecule is CCCCCCCCCCCCNC(=O)C(CCCN=C(NC(=O)O)NC(=O)OC(C)(C)C)N(Cc1ccccc1)Cc1ccccc1. The summed E-state index contributed by atoms with van der Waals surface area (Å²) in [5.41, 5.74) is 1.45. The number of aliphatic imine (C=N–C) groups is 1. The van der Waals surface area contributed by atoms with E-state index in [0.717, 1.165) is 24.0 Å². The number of guanidine groups is 1. The van der Waals surface area contributed by atoms with Gasteiger partial charge in [0.2, 0.25) is 11.9 Å². The van der Waals surface area contributed by atoms with Crippen LogP contribution in [-0.4, -0.2) is 58.8 Å². The number of carboxylic acid groups (broad SMARTS) is 1. The number of hydrogen-bond donors (Lipinski definition) is 4. The Morgan fingerprint density at radius 2 is 1.29 bits per heavy atom. The molecule has 0 radical (unpaired) electrons. The van der Waals surface area contributed by atoms with Gasteiger partial charge in [-0.1, -0.05) is 125 Å². The van der Waals surface area contributed by atoms with E-state index in [1.54, 1.807) is 20.8 Å². The Labute approximate surface area is 288 Å². The van der Waals surface area contributed by atoms with Crippen LogP contribution in [0.1, 0.15) is 116 Å². The average Bonchev–Trinajstić information content (AvgIpc) is 3.03. The second-order valence-electron chi connectivity index (χ2n) is 13.3. The van der Waals surface area contributed by atoms with Gasteiger partial charge in [0, 0.05) is 26.2 Å². The summed E-state index contributed by atoms with van der Waals surface area (Å²) in [4.78, 5) is 43.9. The molecule has 0 aromatic heterocycles. The third-order valence-electron chi connectivity index (χ3n) is 7.78. The summed E-state index contributed by atoms with van der Waals surface area (Å²) in [6.07, 6.45) is 11.1. The van der Waals surface area contributed by atoms with Crippen molar-refractivity contribution in [2.45, 2.75) is 129 Å². The number of carbonyl (C=O) groups is 3. The van der Waals surface area contributed by atoms with Crippen molar-refractivity contribution in [3.63, 3.8) is 0 Å². The van der Waals surface area contributed by atoms with Crippen LogP contribution in [0.15, 0.2) is 65.7 Å². The Kier molecular flexibility index (Phi) is 19.6. The van der Waals surface area contributed by atoms with Crippen molar-refractivity contribution < 1.29 is 24.2 Å². The summed E-state index contributed by atoms with van der Waals surface area (Å²) in [6.45, 7) is 9.37. The molecule has 2 aromatic carbocycles. The molecule has 0 aliphatic rings. The highest BCUT2D eigenvalue weighted by atomic mass is 16.6. The van der Waals surface area contributed by atoms with Gasteiger partial charge in [0.1, 0.15) is 5.60 Å². The fourth-order valence-corrected chi connectivity index (χ4v) is 5.42. The lowest BCUT2D eigenvalue weighted by Gasteiger charge is -2.31. The van der Waals surface area contributed by atoms with Gasteiger partial charge >= 0.3 is 12.2 Å². The zero-order valence-corrected chi connectivity index (χ0v) is 29.6. The molecule has 0 heterocycles. The second kappa shape index (κ2) is 23.4. The predicted molar refractivity (Wildman–Crippen MR) is 193 cm³/mol. The lowest BCUT2D eigenvalue weighted by molar-refractivity contribution is -0.127. The van der Waals surface area contributed by atoms with E-state index in [0.29, 0.717) is 32.5 Å². The van der Waals surface area contributed by atoms with Crippen molar-refractivity contribution in [2.24, 2.45) is 4.99 Å². The molecule has 1 atom stereocenters. The molecule has 0 saturated heterocycles. The zero-order valence-electron chi connectivity index (χ0n) is 29.6. The Hall–Kier alpha value is -3.92. The van der Waals surface area contributed by atoms with Crippen LogP contribution < -0.4 is 16.0 Å². The smallest absolute Gasteiger partial charge is 0.414 e. The first kappa shape index (κ1) is 40.3. The minimum absolute atomic E-state index is 0.0301. The number of amides is 3. The first-order chi connectivity index (χ1) is 23.1. The summed E-state index contributed by atoms with van der Waals surface area (Å²) in [7, 11) is 0. The van der Waals surface area contributed by atoms with E-state index in [1.165, 1.54) is 51.4 Å². The molecule has 0 saturated carbocycles. The van der Waals surface area contributed by atoms with Crippen LogP contribution in [0.5, 0.6) is 0 Å². The van der Waals surface area contributed by atoms with Gasteiger partial charge in [0.05, 0.1) is 6.04 Å². The topological polar surface area (TPSA) is 132 Å². The van der Waals surface area contributed by atoms with Gasteiger partial charge in [-0.3, -0.25) is 25.3 Å². The van der Waals surface area contributed by atoms with Gasteiger partial charge in [0.15, 0.2) is 0 Å². The van der Waals surface area contributed by atoms with Gasteiger partial charge in [0.25, 0.3) is 0 Å². The Morgan fingerprint density at radius 3 is 1.79 bits per heavy atom. The van der Waals surface area contributed by atoms with Crippen molar-refractivity contribution in [1.29, 1.82) is 0 Å². The molecule has 266 valence electrons. The predicted octanol–water partition coefficient (Wildman–Crippen LogP) is 8.02. The molecular formula is C38H59N5O5. The molecule has 0 aliphatic carbocycles. The molecule has 4 N–H and O–H groups in total. The third-order valence-corrected chi connectivity index (χ3v) is 7.78. The fraction of sp³-hybridized carbons (Fsp3) is 0.579. The maximum absolute atomic E-state index is 13.8. The number of rotatable bonds is 21. The molecule has 0 aliphatic heterocycles. The van der Waals surface area contributed by atoms with E-state index in [-0.39, 0.29) is 18.4 Å². The van der Waals surface area contributed by atoms with Crippen LogP contribution in [0.25, 0.3) is 0 Å². The molecule has 10 heteroatoms. The highest BCUT2D eigenvalue weighted by Gasteiger charge is 2.26. The van der Waals surface area contributed by atoms with E-state index in [2.05, 4.69) is 57.0 Å². The molecule has 2 rings (SSSR count). The van der Waals surface area contributed by atoms with Crippen LogP contribution in [0.2, 0.25) is 0 Å². The van der Waals surface area contributed by atoms with E-state index in [9.17, 15) is 19.5 Å². The van der Waals surface area contributed by atoms with E-state index in [1.807, 2.05) is 36.4 Å². The van der Waals surface area contributed by atoms with E-state index >= 15 is 0 Å². The minimum atomic E-state index is -1.36. The standard InChI is InChI=1S/C38H59N5O5/c1-5-6-7-8-9-10-11-12-13-20-27-39-34(44)33(26-21-28-40-35(41-36(45)46)42-37(47)48-38(2,3)4)43(29-31-22-16-14-17-23-31)30-32-24-18-15-19-25-32/h14-19,22-25,33H,5-13,20-21,26-30H2,1-4H3,(H,39,44)(H,45,46)(H2,40,41,42,47). The van der Waals surface area contributed by atoms with Gasteiger partial charge < -0.3 is 15.2 Å². The molecule has 0 bridgehead atoms. The van der Waals surface area contributed by atoms with Crippen molar-refractivity contribution in [2.75, 3.05) is 13.1 Å². The quantitative estimate of drug-likeness (QED) is 0.0607.